The van der Waals surface area contributed by atoms with E-state index in [1.807, 2.05) is 22.7 Å². The zero-order chi connectivity index (χ0) is 14.9. The van der Waals surface area contributed by atoms with Gasteiger partial charge in [0.1, 0.15) is 0 Å². The summed E-state index contributed by atoms with van der Waals surface area (Å²) in [7, 11) is 0. The molecule has 2 heterocycles. The van der Waals surface area contributed by atoms with E-state index in [0.717, 1.165) is 19.4 Å². The number of aliphatic hydroxyl groups is 1. The molecule has 0 aromatic carbocycles. The molecule has 2 aromatic rings. The van der Waals surface area contributed by atoms with Crippen molar-refractivity contribution < 1.29 is 5.11 Å². The summed E-state index contributed by atoms with van der Waals surface area (Å²) in [6, 6.07) is 9.07. The molecular formula is C17H25NOS2. The van der Waals surface area contributed by atoms with Crippen molar-refractivity contribution in [1.29, 1.82) is 0 Å². The van der Waals surface area contributed by atoms with Gasteiger partial charge in [0.15, 0.2) is 0 Å². The summed E-state index contributed by atoms with van der Waals surface area (Å²) in [5.41, 5.74) is 0. The van der Waals surface area contributed by atoms with Gasteiger partial charge in [0.25, 0.3) is 0 Å². The highest BCUT2D eigenvalue weighted by Crippen LogP contribution is 2.25. The van der Waals surface area contributed by atoms with Gasteiger partial charge in [-0.15, -0.1) is 22.7 Å². The average Bonchev–Trinajstić information content (AvgIpc) is 3.16. The van der Waals surface area contributed by atoms with Crippen molar-refractivity contribution in [2.45, 2.75) is 38.6 Å². The van der Waals surface area contributed by atoms with E-state index in [1.54, 1.807) is 0 Å². The first kappa shape index (κ1) is 16.7. The quantitative estimate of drug-likeness (QED) is 0.675. The second-order valence-corrected chi connectivity index (χ2v) is 7.44. The third-order valence-corrected chi connectivity index (χ3v) is 5.64. The maximum Gasteiger partial charge on any atom is 0.0463 e. The molecule has 4 heteroatoms. The smallest absolute Gasteiger partial charge is 0.0463 e. The zero-order valence-corrected chi connectivity index (χ0v) is 14.3. The molecule has 2 aromatic heterocycles. The Kier molecular flexibility index (Phi) is 7.44. The van der Waals surface area contributed by atoms with Gasteiger partial charge in [-0.2, -0.15) is 0 Å². The highest BCUT2D eigenvalue weighted by atomic mass is 32.1. The molecule has 2 N–H and O–H groups in total. The van der Waals surface area contributed by atoms with E-state index in [9.17, 15) is 5.11 Å². The summed E-state index contributed by atoms with van der Waals surface area (Å²) in [5, 5.41) is 17.2. The third-order valence-electron chi connectivity index (χ3n) is 3.76. The van der Waals surface area contributed by atoms with E-state index in [1.165, 1.54) is 22.6 Å². The molecule has 0 spiro atoms. The highest BCUT2D eigenvalue weighted by Gasteiger charge is 2.16. The molecule has 0 aliphatic carbocycles. The Labute approximate surface area is 135 Å². The van der Waals surface area contributed by atoms with Gasteiger partial charge < -0.3 is 10.4 Å². The molecule has 0 aliphatic heterocycles. The fourth-order valence-corrected chi connectivity index (χ4v) is 4.20. The van der Waals surface area contributed by atoms with Gasteiger partial charge in [-0.05, 0) is 48.2 Å². The van der Waals surface area contributed by atoms with Crippen molar-refractivity contribution in [3.05, 3.63) is 44.8 Å². The van der Waals surface area contributed by atoms with Crippen LogP contribution in [0.5, 0.6) is 0 Å². The number of hydrogen-bond donors (Lipinski definition) is 2. The molecule has 0 aliphatic rings. The van der Waals surface area contributed by atoms with Crippen molar-refractivity contribution in [3.63, 3.8) is 0 Å². The summed E-state index contributed by atoms with van der Waals surface area (Å²) in [6.07, 6.45) is 4.32. The number of thiophene rings is 2. The van der Waals surface area contributed by atoms with Crippen LogP contribution in [0.3, 0.4) is 0 Å². The van der Waals surface area contributed by atoms with E-state index in [4.69, 9.17) is 0 Å². The van der Waals surface area contributed by atoms with Crippen LogP contribution in [0.4, 0.5) is 0 Å². The topological polar surface area (TPSA) is 32.3 Å². The van der Waals surface area contributed by atoms with Gasteiger partial charge in [-0.3, -0.25) is 0 Å². The molecule has 116 valence electrons. The van der Waals surface area contributed by atoms with E-state index in [-0.39, 0.29) is 0 Å². The first-order chi connectivity index (χ1) is 10.3. The minimum Gasteiger partial charge on any atom is -0.396 e. The predicted molar refractivity (Wildman–Crippen MR) is 93.2 cm³/mol. The molecule has 0 fully saturated rings. The molecular weight excluding hydrogens is 298 g/mol. The Balaban J connectivity index is 1.95. The van der Waals surface area contributed by atoms with Crippen LogP contribution >= 0.6 is 22.7 Å². The van der Waals surface area contributed by atoms with Crippen LogP contribution in [-0.2, 0) is 6.42 Å². The van der Waals surface area contributed by atoms with Gasteiger partial charge in [0, 0.05) is 28.8 Å². The van der Waals surface area contributed by atoms with Crippen LogP contribution in [0, 0.1) is 5.92 Å². The molecule has 0 saturated heterocycles. The molecule has 2 nitrogen and oxygen atoms in total. The summed E-state index contributed by atoms with van der Waals surface area (Å²) in [6.45, 7) is 3.50. The molecule has 0 saturated carbocycles. The fourth-order valence-electron chi connectivity index (χ4n) is 2.64. The molecule has 21 heavy (non-hydrogen) atoms. The molecule has 0 amide bonds. The minimum absolute atomic E-state index is 0.293. The van der Waals surface area contributed by atoms with Crippen molar-refractivity contribution >= 4 is 22.7 Å². The van der Waals surface area contributed by atoms with Crippen molar-refractivity contribution in [2.75, 3.05) is 13.2 Å². The molecule has 0 bridgehead atoms. The summed E-state index contributed by atoms with van der Waals surface area (Å²) >= 11 is 3.65. The molecule has 2 atom stereocenters. The Hall–Kier alpha value is -0.680. The maximum atomic E-state index is 9.20. The maximum absolute atomic E-state index is 9.20. The summed E-state index contributed by atoms with van der Waals surface area (Å²) in [4.78, 5) is 2.83. The first-order valence-corrected chi connectivity index (χ1v) is 9.49. The van der Waals surface area contributed by atoms with E-state index in [0.29, 0.717) is 18.6 Å². The Morgan fingerprint density at radius 2 is 1.95 bits per heavy atom. The predicted octanol–water partition coefficient (Wildman–Crippen LogP) is 4.48. The molecule has 2 rings (SSSR count). The largest absolute Gasteiger partial charge is 0.396 e. The monoisotopic (exact) mass is 323 g/mol. The SMILES string of the molecule is CCCC(CCO)CNC(Cc1cccs1)c1cccs1. The van der Waals surface area contributed by atoms with Gasteiger partial charge in [0.05, 0.1) is 0 Å². The number of nitrogens with one attached hydrogen (secondary N) is 1. The van der Waals surface area contributed by atoms with Gasteiger partial charge >= 0.3 is 0 Å². The van der Waals surface area contributed by atoms with E-state index >= 15 is 0 Å². The van der Waals surface area contributed by atoms with E-state index < -0.39 is 0 Å². The fraction of sp³-hybridized carbons (Fsp3) is 0.529. The van der Waals surface area contributed by atoms with Crippen LogP contribution in [0.15, 0.2) is 35.0 Å². The highest BCUT2D eigenvalue weighted by molar-refractivity contribution is 7.10. The third kappa shape index (κ3) is 5.55. The van der Waals surface area contributed by atoms with Crippen LogP contribution in [0.1, 0.15) is 42.0 Å². The first-order valence-electron chi connectivity index (χ1n) is 7.73. The molecule has 2 unspecified atom stereocenters. The summed E-state index contributed by atoms with van der Waals surface area (Å²) in [5.74, 6) is 0.575. The Morgan fingerprint density at radius 1 is 1.14 bits per heavy atom. The van der Waals surface area contributed by atoms with Gasteiger partial charge in [-0.25, -0.2) is 0 Å². The standard InChI is InChI=1S/C17H25NOS2/c1-2-5-14(8-9-19)13-18-16(17-7-4-11-21-17)12-15-6-3-10-20-15/h3-4,6-7,10-11,14,16,18-19H,2,5,8-9,12-13H2,1H3. The van der Waals surface area contributed by atoms with Crippen molar-refractivity contribution in [3.8, 4) is 0 Å². The average molecular weight is 324 g/mol. The van der Waals surface area contributed by atoms with Crippen LogP contribution in [-0.4, -0.2) is 18.3 Å². The lowest BCUT2D eigenvalue weighted by atomic mass is 9.99. The number of rotatable bonds is 10. The number of hydrogen-bond acceptors (Lipinski definition) is 4. The lowest BCUT2D eigenvalue weighted by molar-refractivity contribution is 0.245. The van der Waals surface area contributed by atoms with Gasteiger partial charge in [0.2, 0.25) is 0 Å². The van der Waals surface area contributed by atoms with Gasteiger partial charge in [-0.1, -0.05) is 25.5 Å². The molecule has 0 radical (unpaired) electrons. The van der Waals surface area contributed by atoms with Crippen LogP contribution < -0.4 is 5.32 Å². The van der Waals surface area contributed by atoms with Crippen molar-refractivity contribution in [1.82, 2.24) is 5.32 Å². The zero-order valence-electron chi connectivity index (χ0n) is 12.6. The van der Waals surface area contributed by atoms with Crippen LogP contribution in [0.25, 0.3) is 0 Å². The summed E-state index contributed by atoms with van der Waals surface area (Å²) < 4.78 is 0. The normalized spacial score (nSPS) is 14.2. The Bertz CT molecular complexity index is 461. The van der Waals surface area contributed by atoms with Crippen LogP contribution in [0.2, 0.25) is 0 Å². The lowest BCUT2D eigenvalue weighted by Gasteiger charge is -2.21. The second kappa shape index (κ2) is 9.36. The van der Waals surface area contributed by atoms with Crippen molar-refractivity contribution in [2.24, 2.45) is 5.92 Å². The van der Waals surface area contributed by atoms with E-state index in [2.05, 4.69) is 47.3 Å². The second-order valence-electron chi connectivity index (χ2n) is 5.43. The minimum atomic E-state index is 0.293. The lowest BCUT2D eigenvalue weighted by Crippen LogP contribution is -2.28. The Morgan fingerprint density at radius 3 is 2.57 bits per heavy atom. The number of aliphatic hydroxyl groups excluding tert-OH is 1.